The van der Waals surface area contributed by atoms with Crippen LogP contribution in [0.4, 0.5) is 0 Å². The maximum Gasteiger partial charge on any atom is 0.256 e. The van der Waals surface area contributed by atoms with Gasteiger partial charge in [0, 0.05) is 48.8 Å². The van der Waals surface area contributed by atoms with Crippen molar-refractivity contribution in [2.75, 3.05) is 26.2 Å². The lowest BCUT2D eigenvalue weighted by molar-refractivity contribution is -0.126. The van der Waals surface area contributed by atoms with Crippen LogP contribution in [0.3, 0.4) is 0 Å². The number of amides is 2. The summed E-state index contributed by atoms with van der Waals surface area (Å²) in [5.41, 5.74) is 1.21. The summed E-state index contributed by atoms with van der Waals surface area (Å²) in [6, 6.07) is 7.45. The van der Waals surface area contributed by atoms with E-state index in [9.17, 15) is 9.59 Å². The number of aromatic nitrogens is 1. The topological polar surface area (TPSA) is 65.5 Å². The number of nitrogens with zero attached hydrogens (tertiary/aromatic N) is 3. The van der Waals surface area contributed by atoms with Crippen molar-refractivity contribution in [3.63, 3.8) is 0 Å². The first-order valence-electron chi connectivity index (χ1n) is 9.41. The molecule has 142 valence electrons. The van der Waals surface area contributed by atoms with Crippen molar-refractivity contribution >= 4 is 34.3 Å². The van der Waals surface area contributed by atoms with E-state index in [1.807, 2.05) is 30.0 Å². The molecule has 2 amide bonds. The van der Waals surface area contributed by atoms with E-state index in [-0.39, 0.29) is 17.9 Å². The molecular weight excluding hydrogens is 364 g/mol. The number of pyridine rings is 1. The molecule has 0 radical (unpaired) electrons. The summed E-state index contributed by atoms with van der Waals surface area (Å²) < 4.78 is 0. The van der Waals surface area contributed by atoms with Crippen LogP contribution in [0.25, 0.3) is 10.9 Å². The quantitative estimate of drug-likeness (QED) is 0.875. The zero-order chi connectivity index (χ0) is 19.0. The summed E-state index contributed by atoms with van der Waals surface area (Å²) >= 11 is 6.20. The average Bonchev–Trinajstić information content (AvgIpc) is 3.50. The molecule has 0 spiro atoms. The molecule has 1 aliphatic heterocycles. The van der Waals surface area contributed by atoms with Gasteiger partial charge in [-0.25, -0.2) is 0 Å². The minimum atomic E-state index is -0.170. The highest BCUT2D eigenvalue weighted by Gasteiger charge is 2.31. The smallest absolute Gasteiger partial charge is 0.256 e. The molecule has 1 saturated heterocycles. The zero-order valence-corrected chi connectivity index (χ0v) is 16.1. The van der Waals surface area contributed by atoms with E-state index < -0.39 is 0 Å². The highest BCUT2D eigenvalue weighted by Crippen LogP contribution is 2.24. The molecule has 2 fully saturated rings. The Bertz CT molecular complexity index is 875. The molecule has 2 aromatic rings. The van der Waals surface area contributed by atoms with Crippen molar-refractivity contribution in [2.45, 2.75) is 31.8 Å². The van der Waals surface area contributed by atoms with Crippen molar-refractivity contribution in [1.82, 2.24) is 20.1 Å². The van der Waals surface area contributed by atoms with Crippen LogP contribution in [0.15, 0.2) is 30.5 Å². The van der Waals surface area contributed by atoms with Gasteiger partial charge in [0.15, 0.2) is 0 Å². The molecule has 1 aromatic carbocycles. The molecule has 2 aliphatic rings. The molecule has 0 bridgehead atoms. The predicted molar refractivity (Wildman–Crippen MR) is 105 cm³/mol. The first-order valence-corrected chi connectivity index (χ1v) is 9.78. The van der Waals surface area contributed by atoms with Gasteiger partial charge in [0.2, 0.25) is 5.91 Å². The van der Waals surface area contributed by atoms with Gasteiger partial charge in [0.05, 0.1) is 17.1 Å². The molecule has 1 unspecified atom stereocenters. The lowest BCUT2D eigenvalue weighted by Crippen LogP contribution is -2.55. The van der Waals surface area contributed by atoms with E-state index in [1.54, 1.807) is 12.3 Å². The molecule has 2 heterocycles. The molecule has 7 heteroatoms. The molecule has 1 N–H and O–H groups in total. The summed E-state index contributed by atoms with van der Waals surface area (Å²) in [6.45, 7) is 4.46. The fourth-order valence-electron chi connectivity index (χ4n) is 3.52. The Morgan fingerprint density at radius 1 is 1.22 bits per heavy atom. The maximum atomic E-state index is 13.1. The van der Waals surface area contributed by atoms with Crippen LogP contribution in [0, 0.1) is 0 Å². The van der Waals surface area contributed by atoms with Gasteiger partial charge >= 0.3 is 0 Å². The third kappa shape index (κ3) is 3.92. The van der Waals surface area contributed by atoms with E-state index in [0.717, 1.165) is 18.2 Å². The molecule has 27 heavy (non-hydrogen) atoms. The molecule has 1 atom stereocenters. The normalized spacial score (nSPS) is 19.1. The second-order valence-electron chi connectivity index (χ2n) is 7.32. The Morgan fingerprint density at radius 2 is 1.96 bits per heavy atom. The number of benzene rings is 1. The SMILES string of the molecule is CC(C(=O)NC1CC1)N1CCN(C(=O)c2cc(Cl)cc3cccnc23)CC1. The fraction of sp³-hybridized carbons (Fsp3) is 0.450. The average molecular weight is 387 g/mol. The Labute approximate surface area is 163 Å². The second kappa shape index (κ2) is 7.44. The van der Waals surface area contributed by atoms with Gasteiger partial charge in [-0.05, 0) is 38.0 Å². The van der Waals surface area contributed by atoms with Crippen molar-refractivity contribution in [1.29, 1.82) is 0 Å². The first kappa shape index (κ1) is 18.2. The summed E-state index contributed by atoms with van der Waals surface area (Å²) in [7, 11) is 0. The van der Waals surface area contributed by atoms with Crippen LogP contribution >= 0.6 is 11.6 Å². The van der Waals surface area contributed by atoms with Crippen molar-refractivity contribution in [2.24, 2.45) is 0 Å². The zero-order valence-electron chi connectivity index (χ0n) is 15.3. The van der Waals surface area contributed by atoms with Crippen LogP contribution in [0.2, 0.25) is 5.02 Å². The van der Waals surface area contributed by atoms with Gasteiger partial charge in [0.1, 0.15) is 0 Å². The monoisotopic (exact) mass is 386 g/mol. The molecule has 4 rings (SSSR count). The lowest BCUT2D eigenvalue weighted by Gasteiger charge is -2.37. The van der Waals surface area contributed by atoms with Crippen LogP contribution in [0.5, 0.6) is 0 Å². The molecular formula is C20H23ClN4O2. The van der Waals surface area contributed by atoms with Gasteiger partial charge in [-0.1, -0.05) is 17.7 Å². The number of hydrogen-bond donors (Lipinski definition) is 1. The van der Waals surface area contributed by atoms with Crippen molar-refractivity contribution in [3.8, 4) is 0 Å². The predicted octanol–water partition coefficient (Wildman–Crippen LogP) is 2.31. The highest BCUT2D eigenvalue weighted by atomic mass is 35.5. The van der Waals surface area contributed by atoms with Crippen molar-refractivity contribution < 1.29 is 9.59 Å². The number of nitrogens with one attached hydrogen (secondary N) is 1. The van der Waals surface area contributed by atoms with E-state index >= 15 is 0 Å². The van der Waals surface area contributed by atoms with Crippen LogP contribution in [0.1, 0.15) is 30.1 Å². The number of fused-ring (bicyclic) bond motifs is 1. The van der Waals surface area contributed by atoms with E-state index in [2.05, 4.69) is 15.2 Å². The third-order valence-corrected chi connectivity index (χ3v) is 5.57. The number of rotatable bonds is 4. The summed E-state index contributed by atoms with van der Waals surface area (Å²) in [5.74, 6) is 0.0262. The van der Waals surface area contributed by atoms with Gasteiger partial charge < -0.3 is 10.2 Å². The van der Waals surface area contributed by atoms with E-state index in [4.69, 9.17) is 11.6 Å². The Morgan fingerprint density at radius 3 is 2.67 bits per heavy atom. The Hall–Kier alpha value is -2.18. The number of piperazine rings is 1. The minimum Gasteiger partial charge on any atom is -0.352 e. The Balaban J connectivity index is 1.44. The van der Waals surface area contributed by atoms with Gasteiger partial charge in [0.25, 0.3) is 5.91 Å². The Kier molecular flexibility index (Phi) is 5.02. The van der Waals surface area contributed by atoms with Gasteiger partial charge in [-0.2, -0.15) is 0 Å². The van der Waals surface area contributed by atoms with Crippen molar-refractivity contribution in [3.05, 3.63) is 41.0 Å². The molecule has 1 saturated carbocycles. The van der Waals surface area contributed by atoms with Crippen LogP contribution < -0.4 is 5.32 Å². The number of carbonyl (C=O) groups excluding carboxylic acids is 2. The first-order chi connectivity index (χ1) is 13.0. The van der Waals surface area contributed by atoms with Gasteiger partial charge in [-0.15, -0.1) is 0 Å². The third-order valence-electron chi connectivity index (χ3n) is 5.35. The largest absolute Gasteiger partial charge is 0.352 e. The highest BCUT2D eigenvalue weighted by molar-refractivity contribution is 6.32. The molecule has 1 aromatic heterocycles. The maximum absolute atomic E-state index is 13.1. The molecule has 1 aliphatic carbocycles. The van der Waals surface area contributed by atoms with E-state index in [1.165, 1.54) is 0 Å². The fourth-order valence-corrected chi connectivity index (χ4v) is 3.74. The van der Waals surface area contributed by atoms with Gasteiger partial charge in [-0.3, -0.25) is 19.5 Å². The molecule has 6 nitrogen and oxygen atoms in total. The summed E-state index contributed by atoms with van der Waals surface area (Å²) in [5, 5.41) is 4.44. The second-order valence-corrected chi connectivity index (χ2v) is 7.75. The summed E-state index contributed by atoms with van der Waals surface area (Å²) in [4.78, 5) is 33.6. The van der Waals surface area contributed by atoms with Crippen LogP contribution in [-0.4, -0.2) is 64.9 Å². The number of carbonyl (C=O) groups is 2. The van der Waals surface area contributed by atoms with Crippen LogP contribution in [-0.2, 0) is 4.79 Å². The standard InChI is InChI=1S/C20H23ClN4O2/c1-13(19(26)23-16-4-5-16)24-7-9-25(10-8-24)20(27)17-12-15(21)11-14-3-2-6-22-18(14)17/h2-3,6,11-13,16H,4-5,7-10H2,1H3,(H,23,26). The number of hydrogen-bond acceptors (Lipinski definition) is 4. The number of halogens is 1. The lowest BCUT2D eigenvalue weighted by atomic mass is 10.1. The van der Waals surface area contributed by atoms with E-state index in [0.29, 0.717) is 48.3 Å². The minimum absolute atomic E-state index is 0.0593. The summed E-state index contributed by atoms with van der Waals surface area (Å²) in [6.07, 6.45) is 3.86.